The van der Waals surface area contributed by atoms with Crippen LogP contribution in [0.5, 0.6) is 0 Å². The van der Waals surface area contributed by atoms with Gasteiger partial charge in [-0.1, -0.05) is 125 Å². The zero-order chi connectivity index (χ0) is 55.3. The average molecular weight is 1050 g/mol. The van der Waals surface area contributed by atoms with Crippen LogP contribution < -0.4 is 0 Å². The third-order valence-corrected chi connectivity index (χ3v) is 16.2. The van der Waals surface area contributed by atoms with E-state index in [1.807, 2.05) is 98.8 Å². The van der Waals surface area contributed by atoms with Crippen molar-refractivity contribution in [2.24, 2.45) is 0 Å². The molecule has 0 saturated carbocycles. The molecule has 6 unspecified atom stereocenters. The summed E-state index contributed by atoms with van der Waals surface area (Å²) in [4.78, 5) is 65.5. The summed E-state index contributed by atoms with van der Waals surface area (Å²) >= 11 is 0. The minimum Gasteiger partial charge on any atom is -0.459 e. The number of rotatable bonds is 25. The number of carbonyl (C=O) groups excluding carboxylic acids is 4. The number of hydroxylamine groups is 4. The third kappa shape index (κ3) is 15.2. The normalized spacial score (nSPS) is 20.6. The largest absolute Gasteiger partial charge is 0.459 e. The molecule has 6 atom stereocenters. The predicted molar refractivity (Wildman–Crippen MR) is 297 cm³/mol. The summed E-state index contributed by atoms with van der Waals surface area (Å²) in [7, 11) is 0. The van der Waals surface area contributed by atoms with Crippen molar-refractivity contribution in [3.63, 3.8) is 0 Å². The quantitative estimate of drug-likeness (QED) is 0.0356. The molecule has 2 aliphatic rings. The number of ether oxygens (including phenoxy) is 4. The lowest BCUT2D eigenvalue weighted by Crippen LogP contribution is -2.64. The van der Waals surface area contributed by atoms with Gasteiger partial charge in [0, 0.05) is 60.7 Å². The SMILES string of the molecule is CCC1(CC)CC(OC(=O)c2ccccc2)CC(C)(C)N1OC(C)c1ccc(C(C)OC(=O)CCCCCCC(=O)OC(C)c2ccc(C(C)ON3C(C)(C)CC(OC(=O)c4ccccc4)CC3(CC)CC)cc2)cc1. The molecule has 0 N–H and O–H groups in total. The highest BCUT2D eigenvalue weighted by molar-refractivity contribution is 5.90. The first-order valence-electron chi connectivity index (χ1n) is 28.2. The molecule has 0 bridgehead atoms. The molecule has 4 aromatic carbocycles. The second-order valence-corrected chi connectivity index (χ2v) is 22.7. The molecule has 0 aliphatic carbocycles. The van der Waals surface area contributed by atoms with Gasteiger partial charge in [0.05, 0.1) is 11.1 Å². The summed E-state index contributed by atoms with van der Waals surface area (Å²) in [6.07, 6.45) is 7.82. The van der Waals surface area contributed by atoms with Gasteiger partial charge in [-0.05, 0) is 140 Å². The second kappa shape index (κ2) is 26.8. The van der Waals surface area contributed by atoms with Gasteiger partial charge in [0.25, 0.3) is 0 Å². The Labute approximate surface area is 454 Å². The molecule has 2 fully saturated rings. The Balaban J connectivity index is 0.885. The average Bonchev–Trinajstić information content (AvgIpc) is 3.42. The summed E-state index contributed by atoms with van der Waals surface area (Å²) in [6, 6.07) is 34.5. The predicted octanol–water partition coefficient (Wildman–Crippen LogP) is 15.2. The fourth-order valence-corrected chi connectivity index (χ4v) is 11.7. The van der Waals surface area contributed by atoms with Gasteiger partial charge in [0.1, 0.15) is 36.6 Å². The fraction of sp³-hybridized carbons (Fsp3) is 0.562. The van der Waals surface area contributed by atoms with Crippen LogP contribution in [-0.2, 0) is 38.2 Å². The van der Waals surface area contributed by atoms with Crippen LogP contribution in [0.3, 0.4) is 0 Å². The van der Waals surface area contributed by atoms with Crippen LogP contribution in [0.4, 0.5) is 0 Å². The van der Waals surface area contributed by atoms with Crippen molar-refractivity contribution in [2.75, 3.05) is 0 Å². The van der Waals surface area contributed by atoms with Gasteiger partial charge in [-0.25, -0.2) is 9.59 Å². The van der Waals surface area contributed by atoms with E-state index in [1.165, 1.54) is 0 Å². The molecule has 2 heterocycles. The Morgan fingerprint density at radius 2 is 0.750 bits per heavy atom. The van der Waals surface area contributed by atoms with Crippen molar-refractivity contribution in [3.05, 3.63) is 143 Å². The van der Waals surface area contributed by atoms with E-state index in [2.05, 4.69) is 79.4 Å². The number of nitrogens with zero attached hydrogens (tertiary/aromatic N) is 2. The van der Waals surface area contributed by atoms with E-state index >= 15 is 0 Å². The summed E-state index contributed by atoms with van der Waals surface area (Å²) in [5.41, 5.74) is 3.51. The van der Waals surface area contributed by atoms with Gasteiger partial charge >= 0.3 is 23.9 Å². The molecule has 0 radical (unpaired) electrons. The molecule has 0 aromatic heterocycles. The van der Waals surface area contributed by atoms with E-state index in [4.69, 9.17) is 28.6 Å². The third-order valence-electron chi connectivity index (χ3n) is 16.2. The van der Waals surface area contributed by atoms with E-state index in [9.17, 15) is 19.2 Å². The first-order chi connectivity index (χ1) is 36.2. The molecule has 0 amide bonds. The highest BCUT2D eigenvalue weighted by Crippen LogP contribution is 2.47. The minimum absolute atomic E-state index is 0.233. The maximum atomic E-state index is 13.0. The maximum absolute atomic E-state index is 13.0. The van der Waals surface area contributed by atoms with Gasteiger partial charge in [-0.3, -0.25) is 19.3 Å². The molecule has 2 aliphatic heterocycles. The summed E-state index contributed by atoms with van der Waals surface area (Å²) < 4.78 is 23.9. The highest BCUT2D eigenvalue weighted by Gasteiger charge is 2.53. The molecule has 6 rings (SSSR count). The monoisotopic (exact) mass is 1040 g/mol. The Morgan fingerprint density at radius 3 is 1.05 bits per heavy atom. The van der Waals surface area contributed by atoms with Crippen LogP contribution in [-0.4, -0.2) is 68.4 Å². The van der Waals surface area contributed by atoms with Crippen molar-refractivity contribution in [3.8, 4) is 0 Å². The second-order valence-electron chi connectivity index (χ2n) is 22.7. The van der Waals surface area contributed by atoms with Gasteiger partial charge in [-0.2, -0.15) is 10.1 Å². The Bertz CT molecular complexity index is 2300. The van der Waals surface area contributed by atoms with Crippen LogP contribution in [0.25, 0.3) is 0 Å². The van der Waals surface area contributed by atoms with Crippen molar-refractivity contribution >= 4 is 23.9 Å². The highest BCUT2D eigenvalue weighted by atomic mass is 16.7. The number of hydrogen-bond acceptors (Lipinski definition) is 12. The fourth-order valence-electron chi connectivity index (χ4n) is 11.7. The zero-order valence-electron chi connectivity index (χ0n) is 47.7. The lowest BCUT2D eigenvalue weighted by atomic mass is 9.75. The Hall–Kier alpha value is -5.40. The number of piperidine rings is 2. The molecule has 0 spiro atoms. The van der Waals surface area contributed by atoms with Gasteiger partial charge in [-0.15, -0.1) is 0 Å². The number of unbranched alkanes of at least 4 members (excludes halogenated alkanes) is 3. The summed E-state index contributed by atoms with van der Waals surface area (Å²) in [5.74, 6) is -1.08. The van der Waals surface area contributed by atoms with Crippen LogP contribution >= 0.6 is 0 Å². The van der Waals surface area contributed by atoms with Gasteiger partial charge in [0.15, 0.2) is 0 Å². The number of esters is 4. The first kappa shape index (κ1) is 59.8. The molecule has 4 aromatic rings. The van der Waals surface area contributed by atoms with Gasteiger partial charge < -0.3 is 18.9 Å². The first-order valence-corrected chi connectivity index (χ1v) is 28.2. The smallest absolute Gasteiger partial charge is 0.338 e. The van der Waals surface area contributed by atoms with E-state index in [0.29, 0.717) is 62.5 Å². The van der Waals surface area contributed by atoms with Crippen LogP contribution in [0.15, 0.2) is 109 Å². The minimum atomic E-state index is -0.407. The van der Waals surface area contributed by atoms with Crippen molar-refractivity contribution < 1.29 is 47.8 Å². The standard InChI is InChI=1S/C64H88N2O10/c1-13-63(14-2)43-55(73-59(69)53-27-21-19-22-28-53)41-61(9,10)65(63)75-47(7)51-37-33-49(34-38-51)45(5)71-57(67)31-25-17-18-26-32-58(68)72-46(6)50-35-39-52(40-36-50)48(8)76-66-62(11,12)42-56(44-64(66,15-3)16-4)74-60(70)54-29-23-20-24-30-54/h19-24,27-30,33-40,45-48,55-56H,13-18,25-26,31-32,41-44H2,1-12H3. The number of hydrogen-bond donors (Lipinski definition) is 0. The van der Waals surface area contributed by atoms with Crippen molar-refractivity contribution in [2.45, 2.75) is 232 Å². The molecule has 12 nitrogen and oxygen atoms in total. The van der Waals surface area contributed by atoms with Crippen LogP contribution in [0.2, 0.25) is 0 Å². The molecular formula is C64H88N2O10. The summed E-state index contributed by atoms with van der Waals surface area (Å²) in [6.45, 7) is 25.2. The van der Waals surface area contributed by atoms with Gasteiger partial charge in [0.2, 0.25) is 0 Å². The van der Waals surface area contributed by atoms with E-state index in [1.54, 1.807) is 24.3 Å². The molecular weight excluding hydrogens is 957 g/mol. The van der Waals surface area contributed by atoms with E-state index in [-0.39, 0.29) is 59.4 Å². The van der Waals surface area contributed by atoms with Crippen LogP contribution in [0, 0.1) is 0 Å². The molecule has 2 saturated heterocycles. The summed E-state index contributed by atoms with van der Waals surface area (Å²) in [5, 5.41) is 4.35. The molecule has 12 heteroatoms. The maximum Gasteiger partial charge on any atom is 0.338 e. The van der Waals surface area contributed by atoms with Crippen LogP contribution in [0.1, 0.15) is 240 Å². The number of carbonyl (C=O) groups is 4. The lowest BCUT2D eigenvalue weighted by molar-refractivity contribution is -0.322. The van der Waals surface area contributed by atoms with E-state index < -0.39 is 23.3 Å². The lowest BCUT2D eigenvalue weighted by Gasteiger charge is -2.56. The topological polar surface area (TPSA) is 130 Å². The molecule has 76 heavy (non-hydrogen) atoms. The Kier molecular flexibility index (Phi) is 21.1. The number of benzene rings is 4. The Morgan fingerprint density at radius 1 is 0.447 bits per heavy atom. The zero-order valence-corrected chi connectivity index (χ0v) is 47.7. The van der Waals surface area contributed by atoms with E-state index in [0.717, 1.165) is 60.8 Å². The van der Waals surface area contributed by atoms with Crippen molar-refractivity contribution in [1.82, 2.24) is 10.1 Å². The van der Waals surface area contributed by atoms with Crippen molar-refractivity contribution in [1.29, 1.82) is 0 Å². The molecule has 414 valence electrons.